The molecule has 0 aliphatic carbocycles. The van der Waals surface area contributed by atoms with Crippen molar-refractivity contribution in [3.63, 3.8) is 0 Å². The topological polar surface area (TPSA) is 32.3 Å². The number of aryl methyl sites for hydroxylation is 1. The number of thioether (sulfide) groups is 1. The van der Waals surface area contributed by atoms with Crippen LogP contribution in [0.2, 0.25) is 0 Å². The SMILES string of the molecule is Cc1ccc(CSCC(=O)NCC(Cc2ccccc2)N(C)C)cc1. The van der Waals surface area contributed by atoms with Crippen molar-refractivity contribution in [1.29, 1.82) is 0 Å². The van der Waals surface area contributed by atoms with Gasteiger partial charge >= 0.3 is 0 Å². The first-order chi connectivity index (χ1) is 12.0. The van der Waals surface area contributed by atoms with E-state index < -0.39 is 0 Å². The molecule has 0 aliphatic rings. The first kappa shape index (κ1) is 19.5. The van der Waals surface area contributed by atoms with Crippen molar-refractivity contribution in [3.05, 3.63) is 71.3 Å². The molecule has 0 aromatic heterocycles. The summed E-state index contributed by atoms with van der Waals surface area (Å²) in [5, 5.41) is 3.08. The number of nitrogens with one attached hydrogen (secondary N) is 1. The van der Waals surface area contributed by atoms with E-state index in [1.807, 2.05) is 6.07 Å². The second-order valence-corrected chi connectivity index (χ2v) is 7.58. The number of amides is 1. The smallest absolute Gasteiger partial charge is 0.230 e. The molecule has 1 N–H and O–H groups in total. The molecule has 4 heteroatoms. The Balaban J connectivity index is 1.72. The van der Waals surface area contributed by atoms with Gasteiger partial charge in [-0.25, -0.2) is 0 Å². The van der Waals surface area contributed by atoms with E-state index in [2.05, 4.69) is 79.8 Å². The number of likely N-dealkylation sites (N-methyl/N-ethyl adjacent to an activating group) is 1. The van der Waals surface area contributed by atoms with Crippen LogP contribution in [-0.2, 0) is 17.0 Å². The van der Waals surface area contributed by atoms with Crippen molar-refractivity contribution in [2.45, 2.75) is 25.1 Å². The zero-order valence-electron chi connectivity index (χ0n) is 15.4. The Labute approximate surface area is 155 Å². The van der Waals surface area contributed by atoms with Gasteiger partial charge in [-0.15, -0.1) is 11.8 Å². The monoisotopic (exact) mass is 356 g/mol. The highest BCUT2D eigenvalue weighted by molar-refractivity contribution is 7.99. The lowest BCUT2D eigenvalue weighted by Gasteiger charge is -2.24. The quantitative estimate of drug-likeness (QED) is 0.746. The van der Waals surface area contributed by atoms with E-state index in [0.717, 1.165) is 12.2 Å². The highest BCUT2D eigenvalue weighted by Crippen LogP contribution is 2.13. The fraction of sp³-hybridized carbons (Fsp3) is 0.381. The molecule has 2 aromatic rings. The molecule has 1 unspecified atom stereocenters. The maximum absolute atomic E-state index is 12.1. The molecule has 0 spiro atoms. The van der Waals surface area contributed by atoms with E-state index >= 15 is 0 Å². The summed E-state index contributed by atoms with van der Waals surface area (Å²) in [5.74, 6) is 1.48. The van der Waals surface area contributed by atoms with Gasteiger partial charge in [-0.3, -0.25) is 4.79 Å². The number of nitrogens with zero attached hydrogens (tertiary/aromatic N) is 1. The average molecular weight is 357 g/mol. The molecule has 0 bridgehead atoms. The van der Waals surface area contributed by atoms with Crippen molar-refractivity contribution in [3.8, 4) is 0 Å². The molecule has 0 saturated carbocycles. The van der Waals surface area contributed by atoms with Crippen molar-refractivity contribution < 1.29 is 4.79 Å². The summed E-state index contributed by atoms with van der Waals surface area (Å²) in [6, 6.07) is 19.2. The van der Waals surface area contributed by atoms with Crippen LogP contribution in [0, 0.1) is 6.92 Å². The standard InChI is InChI=1S/C21H28N2OS/c1-17-9-11-19(12-10-17)15-25-16-21(24)22-14-20(23(2)3)13-18-7-5-4-6-8-18/h4-12,20H,13-16H2,1-3H3,(H,22,24). The Morgan fingerprint density at radius 2 is 1.72 bits per heavy atom. The van der Waals surface area contributed by atoms with Crippen LogP contribution in [0.4, 0.5) is 0 Å². The van der Waals surface area contributed by atoms with Crippen LogP contribution in [-0.4, -0.2) is 43.2 Å². The van der Waals surface area contributed by atoms with Crippen LogP contribution < -0.4 is 5.32 Å². The lowest BCUT2D eigenvalue weighted by atomic mass is 10.1. The van der Waals surface area contributed by atoms with E-state index in [1.165, 1.54) is 16.7 Å². The van der Waals surface area contributed by atoms with Crippen LogP contribution >= 0.6 is 11.8 Å². The molecule has 0 aliphatic heterocycles. The molecular weight excluding hydrogens is 328 g/mol. The first-order valence-electron chi connectivity index (χ1n) is 8.65. The van der Waals surface area contributed by atoms with Crippen LogP contribution in [0.15, 0.2) is 54.6 Å². The van der Waals surface area contributed by atoms with E-state index in [4.69, 9.17) is 0 Å². The molecule has 2 aromatic carbocycles. The Hall–Kier alpha value is -1.78. The van der Waals surface area contributed by atoms with E-state index in [1.54, 1.807) is 11.8 Å². The predicted octanol–water partition coefficient (Wildman–Crippen LogP) is 3.52. The number of carbonyl (C=O) groups is 1. The molecule has 25 heavy (non-hydrogen) atoms. The second-order valence-electron chi connectivity index (χ2n) is 6.59. The molecule has 2 rings (SSSR count). The maximum Gasteiger partial charge on any atom is 0.230 e. The summed E-state index contributed by atoms with van der Waals surface area (Å²) in [4.78, 5) is 14.3. The van der Waals surface area contributed by atoms with Crippen LogP contribution in [0.1, 0.15) is 16.7 Å². The van der Waals surface area contributed by atoms with Gasteiger partial charge in [0.05, 0.1) is 5.75 Å². The largest absolute Gasteiger partial charge is 0.354 e. The van der Waals surface area contributed by atoms with Crippen LogP contribution in [0.5, 0.6) is 0 Å². The normalized spacial score (nSPS) is 12.2. The summed E-state index contributed by atoms with van der Waals surface area (Å²) in [6.45, 7) is 2.76. The van der Waals surface area contributed by atoms with Gasteiger partial charge in [0, 0.05) is 18.3 Å². The number of hydrogen-bond acceptors (Lipinski definition) is 3. The minimum absolute atomic E-state index is 0.108. The molecule has 1 atom stereocenters. The van der Waals surface area contributed by atoms with Gasteiger partial charge in [0.15, 0.2) is 0 Å². The van der Waals surface area contributed by atoms with Crippen molar-refractivity contribution in [2.24, 2.45) is 0 Å². The summed E-state index contributed by atoms with van der Waals surface area (Å²) >= 11 is 1.66. The van der Waals surface area contributed by atoms with Crippen LogP contribution in [0.25, 0.3) is 0 Å². The number of benzene rings is 2. The van der Waals surface area contributed by atoms with Crippen molar-refractivity contribution >= 4 is 17.7 Å². The Kier molecular flexibility index (Phi) is 8.02. The van der Waals surface area contributed by atoms with E-state index in [0.29, 0.717) is 18.3 Å². The van der Waals surface area contributed by atoms with Gasteiger partial charge in [0.1, 0.15) is 0 Å². The number of hydrogen-bond donors (Lipinski definition) is 1. The van der Waals surface area contributed by atoms with Gasteiger partial charge in [-0.1, -0.05) is 60.2 Å². The molecule has 3 nitrogen and oxygen atoms in total. The second kappa shape index (κ2) is 10.3. The highest BCUT2D eigenvalue weighted by Gasteiger charge is 2.13. The third-order valence-electron chi connectivity index (χ3n) is 4.20. The fourth-order valence-corrected chi connectivity index (χ4v) is 3.37. The van der Waals surface area contributed by atoms with Gasteiger partial charge in [-0.05, 0) is 38.6 Å². The summed E-state index contributed by atoms with van der Waals surface area (Å²) in [6.07, 6.45) is 0.935. The Morgan fingerprint density at radius 3 is 2.36 bits per heavy atom. The zero-order valence-corrected chi connectivity index (χ0v) is 16.2. The molecule has 0 radical (unpaired) electrons. The molecule has 134 valence electrons. The highest BCUT2D eigenvalue weighted by atomic mass is 32.2. The Morgan fingerprint density at radius 1 is 1.04 bits per heavy atom. The lowest BCUT2D eigenvalue weighted by molar-refractivity contribution is -0.118. The molecule has 0 heterocycles. The average Bonchev–Trinajstić information content (AvgIpc) is 2.61. The summed E-state index contributed by atoms with van der Waals surface area (Å²) in [5.41, 5.74) is 3.82. The summed E-state index contributed by atoms with van der Waals surface area (Å²) < 4.78 is 0. The fourth-order valence-electron chi connectivity index (χ4n) is 2.55. The van der Waals surface area contributed by atoms with Gasteiger partial charge in [0.25, 0.3) is 0 Å². The zero-order chi connectivity index (χ0) is 18.1. The third kappa shape index (κ3) is 7.32. The first-order valence-corrected chi connectivity index (χ1v) is 9.80. The van der Waals surface area contributed by atoms with E-state index in [-0.39, 0.29) is 5.91 Å². The number of carbonyl (C=O) groups excluding carboxylic acids is 1. The summed E-state index contributed by atoms with van der Waals surface area (Å²) in [7, 11) is 4.12. The van der Waals surface area contributed by atoms with Gasteiger partial charge in [-0.2, -0.15) is 0 Å². The van der Waals surface area contributed by atoms with Crippen LogP contribution in [0.3, 0.4) is 0 Å². The maximum atomic E-state index is 12.1. The minimum Gasteiger partial charge on any atom is -0.354 e. The Bertz CT molecular complexity index is 641. The molecular formula is C21H28N2OS. The predicted molar refractivity (Wildman–Crippen MR) is 108 cm³/mol. The lowest BCUT2D eigenvalue weighted by Crippen LogP contribution is -2.42. The molecule has 0 fully saturated rings. The van der Waals surface area contributed by atoms with Gasteiger partial charge in [0.2, 0.25) is 5.91 Å². The number of rotatable bonds is 9. The van der Waals surface area contributed by atoms with Crippen molar-refractivity contribution in [1.82, 2.24) is 10.2 Å². The third-order valence-corrected chi connectivity index (χ3v) is 5.21. The van der Waals surface area contributed by atoms with E-state index in [9.17, 15) is 4.79 Å². The van der Waals surface area contributed by atoms with Crippen molar-refractivity contribution in [2.75, 3.05) is 26.4 Å². The molecule has 0 saturated heterocycles. The van der Waals surface area contributed by atoms with Gasteiger partial charge < -0.3 is 10.2 Å². The molecule has 1 amide bonds. The minimum atomic E-state index is 0.108.